The van der Waals surface area contributed by atoms with Crippen molar-refractivity contribution in [2.24, 2.45) is 5.92 Å². The molecule has 10 heteroatoms. The Balaban J connectivity index is 1.55. The summed E-state index contributed by atoms with van der Waals surface area (Å²) in [5.74, 6) is -1.67. The highest BCUT2D eigenvalue weighted by molar-refractivity contribution is 6.30. The number of halogens is 4. The maximum Gasteiger partial charge on any atom is 0.228 e. The Labute approximate surface area is 243 Å². The number of nitrogens with zero attached hydrogens (tertiary/aromatic N) is 2. The van der Waals surface area contributed by atoms with E-state index in [2.05, 4.69) is 15.5 Å². The molecule has 0 aromatic heterocycles. The topological polar surface area (TPSA) is 64.7 Å². The van der Waals surface area contributed by atoms with Gasteiger partial charge in [-0.05, 0) is 53.4 Å². The number of carbonyl (C=O) groups excluding carboxylic acids is 2. The average Bonchev–Trinajstić information content (AvgIpc) is 2.88. The van der Waals surface area contributed by atoms with E-state index < -0.39 is 11.6 Å². The maximum absolute atomic E-state index is 14.2. The van der Waals surface area contributed by atoms with Crippen LogP contribution in [0, 0.1) is 17.6 Å². The molecule has 4 rings (SSSR count). The highest BCUT2D eigenvalue weighted by Crippen LogP contribution is 2.36. The number of anilines is 1. The minimum Gasteiger partial charge on any atom is -0.343 e. The van der Waals surface area contributed by atoms with E-state index >= 15 is 0 Å². The normalized spacial score (nSPS) is 14.7. The van der Waals surface area contributed by atoms with Crippen LogP contribution >= 0.6 is 23.2 Å². The van der Waals surface area contributed by atoms with Gasteiger partial charge in [-0.3, -0.25) is 19.8 Å². The number of nitrogens with one attached hydrogen (secondary N) is 2. The van der Waals surface area contributed by atoms with Crippen molar-refractivity contribution < 1.29 is 18.4 Å². The Morgan fingerprint density at radius 3 is 1.98 bits per heavy atom. The van der Waals surface area contributed by atoms with Gasteiger partial charge in [0.25, 0.3) is 0 Å². The van der Waals surface area contributed by atoms with Gasteiger partial charge < -0.3 is 10.2 Å². The van der Waals surface area contributed by atoms with Crippen LogP contribution in [0.4, 0.5) is 14.5 Å². The molecule has 1 aliphatic rings. The largest absolute Gasteiger partial charge is 0.343 e. The first-order valence-corrected chi connectivity index (χ1v) is 13.9. The molecule has 2 amide bonds. The van der Waals surface area contributed by atoms with Gasteiger partial charge in [0, 0.05) is 47.9 Å². The highest BCUT2D eigenvalue weighted by Gasteiger charge is 2.40. The number of amides is 2. The van der Waals surface area contributed by atoms with Crippen LogP contribution in [0.15, 0.2) is 66.7 Å². The summed E-state index contributed by atoms with van der Waals surface area (Å²) in [6, 6.07) is 17.9. The Morgan fingerprint density at radius 2 is 1.50 bits per heavy atom. The summed E-state index contributed by atoms with van der Waals surface area (Å²) in [6.07, 6.45) is 0.391. The quantitative estimate of drug-likeness (QED) is 0.208. The fraction of sp³-hybridized carbons (Fsp3) is 0.333. The van der Waals surface area contributed by atoms with Crippen molar-refractivity contribution in [1.29, 1.82) is 0 Å². The van der Waals surface area contributed by atoms with Crippen molar-refractivity contribution in [2.45, 2.75) is 38.5 Å². The fourth-order valence-corrected chi connectivity index (χ4v) is 5.27. The number of benzene rings is 3. The minimum absolute atomic E-state index is 0.0796. The number of hydrogen-bond acceptors (Lipinski definition) is 4. The van der Waals surface area contributed by atoms with Crippen LogP contribution < -0.4 is 15.5 Å². The zero-order chi connectivity index (χ0) is 28.8. The zero-order valence-corrected chi connectivity index (χ0v) is 23.8. The van der Waals surface area contributed by atoms with E-state index in [0.29, 0.717) is 29.5 Å². The molecular formula is C30H32Cl2F2N4O2. The standard InChI is InChI=1S/C30H32Cl2F2N4O2/c1-19(2)30(36-18-39)35-12-11-28(40)38(26-14-24(33)13-25(34)15-26)27-16-37(17-27)29(20-3-7-22(31)8-4-20)21-5-9-23(32)10-6-21/h3-10,13-15,18-19,27,29-30,35H,11-12,16-17H2,1-2H3,(H,36,39). The minimum atomic E-state index is -0.752. The second-order valence-corrected chi connectivity index (χ2v) is 11.1. The van der Waals surface area contributed by atoms with Crippen LogP contribution in [-0.4, -0.2) is 49.1 Å². The predicted octanol–water partition coefficient (Wildman–Crippen LogP) is 5.79. The van der Waals surface area contributed by atoms with E-state index in [1.54, 1.807) is 0 Å². The van der Waals surface area contributed by atoms with Gasteiger partial charge in [-0.25, -0.2) is 8.78 Å². The van der Waals surface area contributed by atoms with Gasteiger partial charge in [0.1, 0.15) is 11.6 Å². The van der Waals surface area contributed by atoms with Crippen LogP contribution in [0.25, 0.3) is 0 Å². The van der Waals surface area contributed by atoms with Crippen molar-refractivity contribution in [2.75, 3.05) is 24.5 Å². The van der Waals surface area contributed by atoms with Gasteiger partial charge in [0.05, 0.1) is 18.2 Å². The first-order chi connectivity index (χ1) is 19.2. The Morgan fingerprint density at radius 1 is 0.975 bits per heavy atom. The molecule has 40 heavy (non-hydrogen) atoms. The average molecular weight is 590 g/mol. The molecule has 0 spiro atoms. The number of likely N-dealkylation sites (tertiary alicyclic amines) is 1. The SMILES string of the molecule is CC(C)C(NC=O)NCCC(=O)N(c1cc(F)cc(F)c1)C1CN(C(c2ccc(Cl)cc2)c2ccc(Cl)cc2)C1. The molecule has 2 N–H and O–H groups in total. The van der Waals surface area contributed by atoms with Crippen molar-refractivity contribution in [3.8, 4) is 0 Å². The summed E-state index contributed by atoms with van der Waals surface area (Å²) in [6.45, 7) is 5.13. The summed E-state index contributed by atoms with van der Waals surface area (Å²) in [7, 11) is 0. The van der Waals surface area contributed by atoms with Crippen LogP contribution in [-0.2, 0) is 9.59 Å². The Bertz CT molecular complexity index is 1240. The van der Waals surface area contributed by atoms with Crippen LogP contribution in [0.3, 0.4) is 0 Å². The number of rotatable bonds is 12. The van der Waals surface area contributed by atoms with Crippen molar-refractivity contribution in [3.05, 3.63) is 99.5 Å². The van der Waals surface area contributed by atoms with Crippen molar-refractivity contribution >= 4 is 41.2 Å². The summed E-state index contributed by atoms with van der Waals surface area (Å²) in [5.41, 5.74) is 2.21. The Kier molecular flexibility index (Phi) is 10.1. The second kappa shape index (κ2) is 13.5. The van der Waals surface area contributed by atoms with E-state index in [1.807, 2.05) is 62.4 Å². The van der Waals surface area contributed by atoms with Crippen molar-refractivity contribution in [1.82, 2.24) is 15.5 Å². The summed E-state index contributed by atoms with van der Waals surface area (Å²) < 4.78 is 28.4. The molecule has 1 atom stereocenters. The van der Waals surface area contributed by atoms with E-state index in [0.717, 1.165) is 17.2 Å². The lowest BCUT2D eigenvalue weighted by Crippen LogP contribution is -2.62. The first kappa shape index (κ1) is 29.9. The lowest BCUT2D eigenvalue weighted by atomic mass is 9.92. The maximum atomic E-state index is 14.2. The van der Waals surface area contributed by atoms with Gasteiger partial charge in [-0.1, -0.05) is 61.3 Å². The summed E-state index contributed by atoms with van der Waals surface area (Å²) in [4.78, 5) is 28.1. The third-order valence-electron chi connectivity index (χ3n) is 7.00. The van der Waals surface area contributed by atoms with Gasteiger partial charge in [-0.2, -0.15) is 0 Å². The summed E-state index contributed by atoms with van der Waals surface area (Å²) >= 11 is 12.3. The van der Waals surface area contributed by atoms with Gasteiger partial charge >= 0.3 is 0 Å². The van der Waals surface area contributed by atoms with Gasteiger partial charge in [-0.15, -0.1) is 0 Å². The smallest absolute Gasteiger partial charge is 0.228 e. The third-order valence-corrected chi connectivity index (χ3v) is 7.51. The Hall–Kier alpha value is -3.04. The van der Waals surface area contributed by atoms with E-state index in [-0.39, 0.29) is 48.7 Å². The third kappa shape index (κ3) is 7.37. The molecule has 6 nitrogen and oxygen atoms in total. The molecule has 0 saturated carbocycles. The molecule has 1 fully saturated rings. The molecule has 0 aliphatic carbocycles. The highest BCUT2D eigenvalue weighted by atomic mass is 35.5. The van der Waals surface area contributed by atoms with E-state index in [9.17, 15) is 18.4 Å². The monoisotopic (exact) mass is 588 g/mol. The molecule has 1 saturated heterocycles. The molecule has 212 valence electrons. The van der Waals surface area contributed by atoms with E-state index in [1.165, 1.54) is 17.0 Å². The molecule has 3 aromatic rings. The summed E-state index contributed by atoms with van der Waals surface area (Å²) in [5, 5.41) is 7.11. The number of carbonyl (C=O) groups is 2. The lowest BCUT2D eigenvalue weighted by Gasteiger charge is -2.49. The predicted molar refractivity (Wildman–Crippen MR) is 154 cm³/mol. The molecule has 1 heterocycles. The molecule has 1 unspecified atom stereocenters. The van der Waals surface area contributed by atoms with Gasteiger partial charge in [0.15, 0.2) is 0 Å². The molecule has 0 radical (unpaired) electrons. The van der Waals surface area contributed by atoms with Crippen LogP contribution in [0.5, 0.6) is 0 Å². The second-order valence-electron chi connectivity index (χ2n) is 10.2. The molecule has 0 bridgehead atoms. The fourth-order valence-electron chi connectivity index (χ4n) is 5.02. The first-order valence-electron chi connectivity index (χ1n) is 13.1. The van der Waals surface area contributed by atoms with Gasteiger partial charge in [0.2, 0.25) is 12.3 Å². The van der Waals surface area contributed by atoms with E-state index in [4.69, 9.17) is 23.2 Å². The molecular weight excluding hydrogens is 557 g/mol. The molecule has 3 aromatic carbocycles. The van der Waals surface area contributed by atoms with Crippen LogP contribution in [0.1, 0.15) is 37.4 Å². The van der Waals surface area contributed by atoms with Crippen molar-refractivity contribution in [3.63, 3.8) is 0 Å². The molecule has 1 aliphatic heterocycles. The number of hydrogen-bond donors (Lipinski definition) is 2. The lowest BCUT2D eigenvalue weighted by molar-refractivity contribution is -0.120. The zero-order valence-electron chi connectivity index (χ0n) is 22.3. The van der Waals surface area contributed by atoms with Crippen LogP contribution in [0.2, 0.25) is 10.0 Å².